The van der Waals surface area contributed by atoms with Crippen molar-refractivity contribution < 1.29 is 14.6 Å². The largest absolute Gasteiger partial charge is 0.458 e. The SMILES string of the molecule is CC(C)(C)C(=O)O[C@@H]1[C@H](O)CCC[C@H]1Br. The number of esters is 1. The maximum atomic E-state index is 11.7. The van der Waals surface area contributed by atoms with Crippen LogP contribution in [0.3, 0.4) is 0 Å². The fourth-order valence-corrected chi connectivity index (χ4v) is 2.33. The van der Waals surface area contributed by atoms with Gasteiger partial charge in [0, 0.05) is 0 Å². The lowest BCUT2D eigenvalue weighted by molar-refractivity contribution is -0.166. The maximum absolute atomic E-state index is 11.7. The van der Waals surface area contributed by atoms with Crippen molar-refractivity contribution in [2.75, 3.05) is 0 Å². The Balaban J connectivity index is 2.59. The summed E-state index contributed by atoms with van der Waals surface area (Å²) in [5, 5.41) is 9.75. The zero-order valence-corrected chi connectivity index (χ0v) is 11.1. The summed E-state index contributed by atoms with van der Waals surface area (Å²) >= 11 is 3.45. The van der Waals surface area contributed by atoms with Crippen LogP contribution in [-0.2, 0) is 9.53 Å². The van der Waals surface area contributed by atoms with Crippen molar-refractivity contribution >= 4 is 21.9 Å². The van der Waals surface area contributed by atoms with Gasteiger partial charge in [0.15, 0.2) is 0 Å². The zero-order chi connectivity index (χ0) is 11.6. The van der Waals surface area contributed by atoms with E-state index in [0.717, 1.165) is 12.8 Å². The summed E-state index contributed by atoms with van der Waals surface area (Å²) in [7, 11) is 0. The quantitative estimate of drug-likeness (QED) is 0.591. The minimum Gasteiger partial charge on any atom is -0.458 e. The van der Waals surface area contributed by atoms with E-state index >= 15 is 0 Å². The van der Waals surface area contributed by atoms with E-state index in [9.17, 15) is 9.90 Å². The molecule has 0 heterocycles. The van der Waals surface area contributed by atoms with E-state index in [0.29, 0.717) is 6.42 Å². The molecule has 0 aliphatic heterocycles. The summed E-state index contributed by atoms with van der Waals surface area (Å²) in [6.07, 6.45) is 1.70. The van der Waals surface area contributed by atoms with Crippen LogP contribution in [-0.4, -0.2) is 28.1 Å². The van der Waals surface area contributed by atoms with E-state index < -0.39 is 17.6 Å². The van der Waals surface area contributed by atoms with Crippen molar-refractivity contribution in [1.82, 2.24) is 0 Å². The summed E-state index contributed by atoms with van der Waals surface area (Å²) in [5.41, 5.74) is -0.510. The molecular formula is C11H19BrO3. The molecule has 4 heteroatoms. The van der Waals surface area contributed by atoms with Gasteiger partial charge in [-0.2, -0.15) is 0 Å². The first-order chi connectivity index (χ1) is 6.82. The van der Waals surface area contributed by atoms with E-state index in [4.69, 9.17) is 4.74 Å². The second-order valence-corrected chi connectivity index (χ2v) is 6.31. The Kier molecular flexibility index (Phi) is 4.18. The second kappa shape index (κ2) is 4.83. The predicted molar refractivity (Wildman–Crippen MR) is 61.9 cm³/mol. The molecule has 3 nitrogen and oxygen atoms in total. The first-order valence-corrected chi connectivity index (χ1v) is 6.27. The highest BCUT2D eigenvalue weighted by molar-refractivity contribution is 9.09. The molecule has 0 spiro atoms. The highest BCUT2D eigenvalue weighted by Gasteiger charge is 2.36. The molecule has 0 radical (unpaired) electrons. The number of alkyl halides is 1. The number of aliphatic hydroxyl groups excluding tert-OH is 1. The van der Waals surface area contributed by atoms with Crippen LogP contribution in [0.25, 0.3) is 0 Å². The number of ether oxygens (including phenoxy) is 1. The van der Waals surface area contributed by atoms with Gasteiger partial charge in [0.1, 0.15) is 6.10 Å². The van der Waals surface area contributed by atoms with Crippen molar-refractivity contribution in [3.63, 3.8) is 0 Å². The van der Waals surface area contributed by atoms with Crippen LogP contribution in [0.5, 0.6) is 0 Å². The van der Waals surface area contributed by atoms with Gasteiger partial charge in [0.2, 0.25) is 0 Å². The molecule has 1 aliphatic rings. The third-order valence-corrected chi connectivity index (χ3v) is 3.55. The predicted octanol–water partition coefficient (Wildman–Crippen LogP) is 2.25. The lowest BCUT2D eigenvalue weighted by Crippen LogP contribution is -2.43. The molecule has 1 N–H and O–H groups in total. The lowest BCUT2D eigenvalue weighted by Gasteiger charge is -2.33. The molecule has 0 saturated heterocycles. The molecule has 1 saturated carbocycles. The molecule has 0 amide bonds. The number of rotatable bonds is 1. The monoisotopic (exact) mass is 278 g/mol. The number of halogens is 1. The van der Waals surface area contributed by atoms with Crippen molar-refractivity contribution in [3.05, 3.63) is 0 Å². The van der Waals surface area contributed by atoms with Crippen LogP contribution in [0.1, 0.15) is 40.0 Å². The number of hydrogen-bond acceptors (Lipinski definition) is 3. The van der Waals surface area contributed by atoms with Gasteiger partial charge in [0.05, 0.1) is 16.3 Å². The summed E-state index contributed by atoms with van der Waals surface area (Å²) < 4.78 is 5.34. The molecule has 0 aromatic rings. The molecule has 1 fully saturated rings. The van der Waals surface area contributed by atoms with Crippen LogP contribution in [0, 0.1) is 5.41 Å². The topological polar surface area (TPSA) is 46.5 Å². The van der Waals surface area contributed by atoms with Crippen LogP contribution >= 0.6 is 15.9 Å². The highest BCUT2D eigenvalue weighted by Crippen LogP contribution is 2.29. The maximum Gasteiger partial charge on any atom is 0.311 e. The minimum absolute atomic E-state index is 0.0764. The normalized spacial score (nSPS) is 32.5. The van der Waals surface area contributed by atoms with E-state index in [-0.39, 0.29) is 10.8 Å². The lowest BCUT2D eigenvalue weighted by atomic mass is 9.93. The van der Waals surface area contributed by atoms with Crippen LogP contribution in [0.4, 0.5) is 0 Å². The Morgan fingerprint density at radius 3 is 2.47 bits per heavy atom. The van der Waals surface area contributed by atoms with Crippen molar-refractivity contribution in [2.24, 2.45) is 5.41 Å². The Morgan fingerprint density at radius 1 is 1.40 bits per heavy atom. The Hall–Kier alpha value is -0.0900. The molecule has 0 bridgehead atoms. The van der Waals surface area contributed by atoms with Gasteiger partial charge in [-0.15, -0.1) is 0 Å². The molecule has 88 valence electrons. The fourth-order valence-electron chi connectivity index (χ4n) is 1.54. The molecule has 1 rings (SSSR count). The van der Waals surface area contributed by atoms with Gasteiger partial charge >= 0.3 is 5.97 Å². The van der Waals surface area contributed by atoms with Gasteiger partial charge in [-0.3, -0.25) is 4.79 Å². The fraction of sp³-hybridized carbons (Fsp3) is 0.909. The summed E-state index contributed by atoms with van der Waals surface area (Å²) in [4.78, 5) is 11.7. The molecule has 0 unspecified atom stereocenters. The van der Waals surface area contributed by atoms with Crippen molar-refractivity contribution in [1.29, 1.82) is 0 Å². The Labute approximate surface area is 99.3 Å². The van der Waals surface area contributed by atoms with Crippen LogP contribution in [0.2, 0.25) is 0 Å². The Morgan fingerprint density at radius 2 is 2.00 bits per heavy atom. The number of carbonyl (C=O) groups is 1. The Bertz CT molecular complexity index is 224. The van der Waals surface area contributed by atoms with Gasteiger partial charge in [-0.05, 0) is 40.0 Å². The van der Waals surface area contributed by atoms with E-state index in [1.165, 1.54) is 0 Å². The van der Waals surface area contributed by atoms with Crippen LogP contribution < -0.4 is 0 Å². The molecule has 3 atom stereocenters. The number of aliphatic hydroxyl groups is 1. The van der Waals surface area contributed by atoms with Gasteiger partial charge < -0.3 is 9.84 Å². The standard InChI is InChI=1S/C11H19BrO3/c1-11(2,3)10(14)15-9-7(12)5-4-6-8(9)13/h7-9,13H,4-6H2,1-3H3/t7-,8-,9+/m1/s1. The van der Waals surface area contributed by atoms with E-state index in [1.807, 2.05) is 20.8 Å². The summed E-state index contributed by atoms with van der Waals surface area (Å²) in [6, 6.07) is 0. The summed E-state index contributed by atoms with van der Waals surface area (Å²) in [6.45, 7) is 5.44. The van der Waals surface area contributed by atoms with Crippen molar-refractivity contribution in [2.45, 2.75) is 57.1 Å². The molecule has 15 heavy (non-hydrogen) atoms. The molecule has 0 aromatic heterocycles. The smallest absolute Gasteiger partial charge is 0.311 e. The average molecular weight is 279 g/mol. The third-order valence-electron chi connectivity index (χ3n) is 2.57. The number of carbonyl (C=O) groups excluding carboxylic acids is 1. The first kappa shape index (κ1) is 13.0. The molecular weight excluding hydrogens is 260 g/mol. The van der Waals surface area contributed by atoms with Gasteiger partial charge in [0.25, 0.3) is 0 Å². The van der Waals surface area contributed by atoms with Crippen molar-refractivity contribution in [3.8, 4) is 0 Å². The highest BCUT2D eigenvalue weighted by atomic mass is 79.9. The van der Waals surface area contributed by atoms with E-state index in [2.05, 4.69) is 15.9 Å². The third kappa shape index (κ3) is 3.45. The second-order valence-electron chi connectivity index (χ2n) is 5.13. The molecule has 0 aromatic carbocycles. The van der Waals surface area contributed by atoms with Gasteiger partial charge in [-0.1, -0.05) is 15.9 Å². The zero-order valence-electron chi connectivity index (χ0n) is 9.50. The van der Waals surface area contributed by atoms with Crippen LogP contribution in [0.15, 0.2) is 0 Å². The van der Waals surface area contributed by atoms with E-state index in [1.54, 1.807) is 0 Å². The first-order valence-electron chi connectivity index (χ1n) is 5.35. The number of hydrogen-bond donors (Lipinski definition) is 1. The summed E-state index contributed by atoms with van der Waals surface area (Å²) in [5.74, 6) is -0.252. The average Bonchev–Trinajstić information content (AvgIpc) is 2.09. The van der Waals surface area contributed by atoms with Gasteiger partial charge in [-0.25, -0.2) is 0 Å². The minimum atomic E-state index is -0.533. The molecule has 1 aliphatic carbocycles.